The number of hydrogen-bond donors (Lipinski definition) is 2. The number of thioether (sulfide) groups is 1. The van der Waals surface area contributed by atoms with Crippen molar-refractivity contribution in [2.45, 2.75) is 26.8 Å². The number of fused-ring (bicyclic) bond motifs is 1. The molecule has 0 atom stereocenters. The van der Waals surface area contributed by atoms with Crippen LogP contribution in [0.5, 0.6) is 0 Å². The van der Waals surface area contributed by atoms with E-state index in [-0.39, 0.29) is 23.3 Å². The van der Waals surface area contributed by atoms with Gasteiger partial charge in [-0.3, -0.25) is 14.9 Å². The Morgan fingerprint density at radius 2 is 1.93 bits per heavy atom. The number of carbonyl (C=O) groups excluding carboxylic acids is 2. The molecule has 0 aliphatic carbocycles. The summed E-state index contributed by atoms with van der Waals surface area (Å²) in [4.78, 5) is 28.6. The largest absolute Gasteiger partial charge is 0.360 e. The molecule has 27 heavy (non-hydrogen) atoms. The summed E-state index contributed by atoms with van der Waals surface area (Å²) in [5.41, 5.74) is 1.83. The van der Waals surface area contributed by atoms with Gasteiger partial charge in [0, 0.05) is 12.6 Å². The molecular weight excluding hydrogens is 366 g/mol. The van der Waals surface area contributed by atoms with Crippen molar-refractivity contribution >= 4 is 46.4 Å². The molecule has 0 aliphatic rings. The zero-order valence-corrected chi connectivity index (χ0v) is 16.0. The number of imidazole rings is 1. The van der Waals surface area contributed by atoms with E-state index in [1.54, 1.807) is 13.0 Å². The number of carbonyl (C=O) groups is 2. The second-order valence-electron chi connectivity index (χ2n) is 5.99. The summed E-state index contributed by atoms with van der Waals surface area (Å²) >= 11 is 1.22. The van der Waals surface area contributed by atoms with Crippen LogP contribution < -0.4 is 10.6 Å². The molecule has 2 amide bonds. The van der Waals surface area contributed by atoms with Crippen molar-refractivity contribution in [1.29, 1.82) is 0 Å². The maximum absolute atomic E-state index is 12.2. The van der Waals surface area contributed by atoms with Crippen LogP contribution in [0, 0.1) is 6.92 Å². The van der Waals surface area contributed by atoms with Crippen LogP contribution in [-0.2, 0) is 16.1 Å². The number of amides is 2. The third-order valence-electron chi connectivity index (χ3n) is 3.71. The Balaban J connectivity index is 1.52. The fourth-order valence-corrected chi connectivity index (χ4v) is 3.24. The molecule has 0 unspecified atom stereocenters. The van der Waals surface area contributed by atoms with Crippen LogP contribution in [0.15, 0.2) is 34.9 Å². The van der Waals surface area contributed by atoms with Crippen LogP contribution in [0.4, 0.5) is 11.8 Å². The van der Waals surface area contributed by atoms with Crippen LogP contribution >= 0.6 is 11.8 Å². The number of aromatic nitrogens is 3. The first-order valence-corrected chi connectivity index (χ1v) is 9.78. The molecule has 2 heterocycles. The van der Waals surface area contributed by atoms with E-state index in [9.17, 15) is 9.59 Å². The number of anilines is 2. The van der Waals surface area contributed by atoms with Crippen LogP contribution in [0.2, 0.25) is 0 Å². The fraction of sp³-hybridized carbons (Fsp3) is 0.333. The molecule has 0 saturated carbocycles. The first-order valence-electron chi connectivity index (χ1n) is 8.63. The van der Waals surface area contributed by atoms with Crippen molar-refractivity contribution < 1.29 is 14.1 Å². The molecular formula is C18H21N5O3S. The Bertz CT molecular complexity index is 950. The van der Waals surface area contributed by atoms with Gasteiger partial charge in [0.2, 0.25) is 17.8 Å². The zero-order chi connectivity index (χ0) is 19.2. The van der Waals surface area contributed by atoms with Gasteiger partial charge in [0.15, 0.2) is 5.82 Å². The van der Waals surface area contributed by atoms with Crippen molar-refractivity contribution in [1.82, 2.24) is 14.7 Å². The summed E-state index contributed by atoms with van der Waals surface area (Å²) in [6, 6.07) is 9.41. The van der Waals surface area contributed by atoms with Gasteiger partial charge in [0.05, 0.1) is 22.5 Å². The first-order chi connectivity index (χ1) is 13.1. The normalized spacial score (nSPS) is 10.9. The molecule has 0 fully saturated rings. The number of nitrogens with one attached hydrogen (secondary N) is 2. The Morgan fingerprint density at radius 1 is 1.19 bits per heavy atom. The molecule has 8 nitrogen and oxygen atoms in total. The molecule has 0 spiro atoms. The van der Waals surface area contributed by atoms with E-state index in [4.69, 9.17) is 4.52 Å². The number of para-hydroxylation sites is 2. The van der Waals surface area contributed by atoms with Gasteiger partial charge in [-0.25, -0.2) is 4.98 Å². The van der Waals surface area contributed by atoms with Crippen LogP contribution in [0.25, 0.3) is 11.0 Å². The predicted octanol–water partition coefficient (Wildman–Crippen LogP) is 3.05. The highest BCUT2D eigenvalue weighted by atomic mass is 32.2. The van der Waals surface area contributed by atoms with Gasteiger partial charge in [0.1, 0.15) is 5.76 Å². The number of rotatable bonds is 8. The van der Waals surface area contributed by atoms with Gasteiger partial charge >= 0.3 is 0 Å². The Kier molecular flexibility index (Phi) is 6.12. The van der Waals surface area contributed by atoms with Crippen molar-refractivity contribution in [3.63, 3.8) is 0 Å². The van der Waals surface area contributed by atoms with Crippen LogP contribution in [-0.4, -0.2) is 38.0 Å². The zero-order valence-electron chi connectivity index (χ0n) is 15.2. The molecule has 1 aromatic carbocycles. The van der Waals surface area contributed by atoms with Crippen LogP contribution in [0.1, 0.15) is 19.1 Å². The SMILES string of the molecule is CCCn1c(NC(=O)CSCC(=O)Nc2cc(C)on2)nc2ccccc21. The van der Waals surface area contributed by atoms with Crippen molar-refractivity contribution in [3.8, 4) is 0 Å². The number of hydrogen-bond acceptors (Lipinski definition) is 6. The lowest BCUT2D eigenvalue weighted by Crippen LogP contribution is -2.20. The lowest BCUT2D eigenvalue weighted by Gasteiger charge is -2.08. The first kappa shape index (κ1) is 19.0. The second kappa shape index (κ2) is 8.72. The van der Waals surface area contributed by atoms with Gasteiger partial charge in [-0.05, 0) is 25.5 Å². The molecule has 0 saturated heterocycles. The van der Waals surface area contributed by atoms with E-state index >= 15 is 0 Å². The van der Waals surface area contributed by atoms with Crippen molar-refractivity contribution in [2.75, 3.05) is 22.1 Å². The number of benzene rings is 1. The van der Waals surface area contributed by atoms with Gasteiger partial charge in [0.25, 0.3) is 0 Å². The Hall–Kier alpha value is -2.81. The molecule has 2 aromatic heterocycles. The lowest BCUT2D eigenvalue weighted by atomic mass is 10.3. The number of nitrogens with zero attached hydrogens (tertiary/aromatic N) is 3. The second-order valence-corrected chi connectivity index (χ2v) is 6.97. The molecule has 0 bridgehead atoms. The van der Waals surface area contributed by atoms with Gasteiger partial charge in [-0.1, -0.05) is 24.2 Å². The summed E-state index contributed by atoms with van der Waals surface area (Å²) in [5, 5.41) is 9.16. The molecule has 0 aliphatic heterocycles. The highest BCUT2D eigenvalue weighted by Gasteiger charge is 2.13. The van der Waals surface area contributed by atoms with E-state index in [2.05, 4.69) is 27.7 Å². The van der Waals surface area contributed by atoms with Gasteiger partial charge < -0.3 is 14.4 Å². The summed E-state index contributed by atoms with van der Waals surface area (Å²) < 4.78 is 6.88. The average molecular weight is 387 g/mol. The minimum Gasteiger partial charge on any atom is -0.360 e. The summed E-state index contributed by atoms with van der Waals surface area (Å²) in [6.45, 7) is 4.58. The van der Waals surface area contributed by atoms with Gasteiger partial charge in [-0.2, -0.15) is 0 Å². The standard InChI is InChI=1S/C18H21N5O3S/c1-3-8-23-14-7-5-4-6-13(14)19-18(23)21-17(25)11-27-10-16(24)20-15-9-12(2)26-22-15/h4-7,9H,3,8,10-11H2,1-2H3,(H,19,21,25)(H,20,22,24). The predicted molar refractivity (Wildman–Crippen MR) is 106 cm³/mol. The molecule has 2 N–H and O–H groups in total. The topological polar surface area (TPSA) is 102 Å². The molecule has 3 rings (SSSR count). The minimum absolute atomic E-state index is 0.144. The van der Waals surface area contributed by atoms with Crippen molar-refractivity contribution in [3.05, 3.63) is 36.1 Å². The van der Waals surface area contributed by atoms with Crippen molar-refractivity contribution in [2.24, 2.45) is 0 Å². The minimum atomic E-state index is -0.237. The molecule has 9 heteroatoms. The van der Waals surface area contributed by atoms with Gasteiger partial charge in [-0.15, -0.1) is 11.8 Å². The molecule has 3 aromatic rings. The summed E-state index contributed by atoms with van der Waals surface area (Å²) in [5.74, 6) is 1.39. The highest BCUT2D eigenvalue weighted by molar-refractivity contribution is 8.00. The van der Waals surface area contributed by atoms with E-state index in [0.717, 1.165) is 24.0 Å². The fourth-order valence-electron chi connectivity index (χ4n) is 2.62. The maximum atomic E-state index is 12.2. The maximum Gasteiger partial charge on any atom is 0.236 e. The lowest BCUT2D eigenvalue weighted by molar-refractivity contribution is -0.114. The van der Waals surface area contributed by atoms with Crippen LogP contribution in [0.3, 0.4) is 0 Å². The number of aryl methyl sites for hydroxylation is 2. The van der Waals surface area contributed by atoms with E-state index < -0.39 is 0 Å². The molecule has 142 valence electrons. The van der Waals surface area contributed by atoms with E-state index in [1.807, 2.05) is 28.8 Å². The Labute approximate surface area is 160 Å². The third kappa shape index (κ3) is 4.88. The molecule has 0 radical (unpaired) electrons. The monoisotopic (exact) mass is 387 g/mol. The summed E-state index contributed by atoms with van der Waals surface area (Å²) in [6.07, 6.45) is 0.930. The average Bonchev–Trinajstić information content (AvgIpc) is 3.19. The summed E-state index contributed by atoms with van der Waals surface area (Å²) in [7, 11) is 0. The Morgan fingerprint density at radius 3 is 2.63 bits per heavy atom. The van der Waals surface area contributed by atoms with E-state index in [1.165, 1.54) is 11.8 Å². The smallest absolute Gasteiger partial charge is 0.236 e. The third-order valence-corrected chi connectivity index (χ3v) is 4.65. The quantitative estimate of drug-likeness (QED) is 0.616. The van der Waals surface area contributed by atoms with E-state index in [0.29, 0.717) is 17.5 Å². The highest BCUT2D eigenvalue weighted by Crippen LogP contribution is 2.20.